The average molecular weight is 507 g/mol. The Morgan fingerprint density at radius 3 is 1.74 bits per heavy atom. The number of esters is 4. The van der Waals surface area contributed by atoms with E-state index < -0.39 is 91.7 Å². The zero-order chi connectivity index (χ0) is 26.9. The molecule has 0 aromatic rings. The highest BCUT2D eigenvalue weighted by Crippen LogP contribution is 2.30. The van der Waals surface area contributed by atoms with Crippen molar-refractivity contribution < 1.29 is 72.2 Å². The van der Waals surface area contributed by atoms with Gasteiger partial charge >= 0.3 is 41.9 Å². The zero-order valence-electron chi connectivity index (χ0n) is 19.1. The molecule has 16 nitrogen and oxygen atoms in total. The number of ether oxygens (including phenoxy) is 6. The first-order chi connectivity index (χ1) is 16.2. The number of carboxylic acid groups (broad SMARTS) is 2. The Hall–Kier alpha value is -3.95. The summed E-state index contributed by atoms with van der Waals surface area (Å²) in [5.74, 6) is -6.75. The van der Waals surface area contributed by atoms with Gasteiger partial charge in [-0.25, -0.2) is 9.59 Å². The first-order valence-electron chi connectivity index (χ1n) is 9.93. The van der Waals surface area contributed by atoms with Gasteiger partial charge in [-0.2, -0.15) is 0 Å². The van der Waals surface area contributed by atoms with Crippen LogP contribution in [0.5, 0.6) is 0 Å². The number of carboxylic acids is 2. The Kier molecular flexibility index (Phi) is 10.9. The number of hydrogen-bond acceptors (Lipinski definition) is 13. The number of hydrogen-bond donors (Lipinski definition) is 3. The van der Waals surface area contributed by atoms with E-state index in [0.29, 0.717) is 0 Å². The average Bonchev–Trinajstić information content (AvgIpc) is 2.69. The van der Waals surface area contributed by atoms with Crippen molar-refractivity contribution in [2.75, 3.05) is 6.61 Å². The Bertz CT molecular complexity index is 855. The second kappa shape index (κ2) is 13.1. The molecule has 0 saturated carbocycles. The largest absolute Gasteiger partial charge is 0.481 e. The molecule has 1 fully saturated rings. The minimum absolute atomic E-state index is 0.587. The lowest BCUT2D eigenvalue weighted by molar-refractivity contribution is -0.294. The van der Waals surface area contributed by atoms with Crippen molar-refractivity contribution in [2.45, 2.75) is 70.9 Å². The van der Waals surface area contributed by atoms with Crippen LogP contribution in [0.3, 0.4) is 0 Å². The molecule has 1 aliphatic rings. The van der Waals surface area contributed by atoms with Gasteiger partial charge in [-0.1, -0.05) is 0 Å². The highest BCUT2D eigenvalue weighted by molar-refractivity contribution is 5.84. The molecule has 0 aromatic carbocycles. The normalized spacial score (nSPS) is 24.2. The second-order valence-corrected chi connectivity index (χ2v) is 7.11. The fourth-order valence-electron chi connectivity index (χ4n) is 2.94. The molecular weight excluding hydrogens is 482 g/mol. The van der Waals surface area contributed by atoms with Crippen LogP contribution >= 0.6 is 0 Å². The van der Waals surface area contributed by atoms with Crippen LogP contribution in [-0.4, -0.2) is 95.5 Å². The Morgan fingerprint density at radius 1 is 0.771 bits per heavy atom. The topological polar surface area (TPSA) is 227 Å². The Morgan fingerprint density at radius 2 is 1.29 bits per heavy atom. The molecule has 16 heteroatoms. The number of nitrogens with one attached hydrogen (secondary N) is 1. The lowest BCUT2D eigenvalue weighted by Crippen LogP contribution is -2.63. The quantitative estimate of drug-likeness (QED) is 0.231. The van der Waals surface area contributed by atoms with Gasteiger partial charge in [0.25, 0.3) is 0 Å². The van der Waals surface area contributed by atoms with E-state index in [2.05, 4.69) is 0 Å². The first kappa shape index (κ1) is 29.1. The van der Waals surface area contributed by atoms with Gasteiger partial charge in [-0.3, -0.25) is 24.0 Å². The Labute approximate surface area is 197 Å². The van der Waals surface area contributed by atoms with Crippen molar-refractivity contribution in [1.82, 2.24) is 5.32 Å². The minimum Gasteiger partial charge on any atom is -0.481 e. The van der Waals surface area contributed by atoms with Crippen molar-refractivity contribution in [3.63, 3.8) is 0 Å². The number of amides is 1. The van der Waals surface area contributed by atoms with Gasteiger partial charge in [0.05, 0.1) is 6.42 Å². The SMILES string of the molecule is CC(=O)OC[C@H]1OC(OC(=O)N[C@@H](CC(=O)O)C(=O)O)[C@H](OC(C)=O)[C@@H](OC(C)=O)[C@@H]1OC(C)=O. The minimum atomic E-state index is -1.91. The third-order valence-electron chi connectivity index (χ3n) is 4.14. The summed E-state index contributed by atoms with van der Waals surface area (Å²) in [6, 6.07) is -1.90. The van der Waals surface area contributed by atoms with Gasteiger partial charge in [0.2, 0.25) is 12.4 Å². The highest BCUT2D eigenvalue weighted by atomic mass is 16.8. The van der Waals surface area contributed by atoms with Crippen LogP contribution in [0.1, 0.15) is 34.1 Å². The van der Waals surface area contributed by atoms with Gasteiger partial charge in [0.1, 0.15) is 18.8 Å². The summed E-state index contributed by atoms with van der Waals surface area (Å²) >= 11 is 0. The van der Waals surface area contributed by atoms with Crippen molar-refractivity contribution in [2.24, 2.45) is 0 Å². The maximum atomic E-state index is 12.3. The maximum Gasteiger partial charge on any atom is 0.410 e. The molecule has 0 aromatic heterocycles. The molecule has 0 radical (unpaired) electrons. The molecule has 1 aliphatic heterocycles. The number of aliphatic carboxylic acids is 2. The van der Waals surface area contributed by atoms with E-state index in [1.807, 2.05) is 0 Å². The molecule has 0 bridgehead atoms. The fourth-order valence-corrected chi connectivity index (χ4v) is 2.94. The molecule has 1 heterocycles. The maximum absolute atomic E-state index is 12.3. The third-order valence-corrected chi connectivity index (χ3v) is 4.14. The summed E-state index contributed by atoms with van der Waals surface area (Å²) in [5.41, 5.74) is 0. The lowest BCUT2D eigenvalue weighted by Gasteiger charge is -2.43. The molecule has 35 heavy (non-hydrogen) atoms. The van der Waals surface area contributed by atoms with E-state index in [9.17, 15) is 33.6 Å². The van der Waals surface area contributed by atoms with Gasteiger partial charge in [0.15, 0.2) is 12.2 Å². The highest BCUT2D eigenvalue weighted by Gasteiger charge is 2.54. The van der Waals surface area contributed by atoms with Crippen molar-refractivity contribution in [1.29, 1.82) is 0 Å². The van der Waals surface area contributed by atoms with E-state index in [1.165, 1.54) is 0 Å². The molecule has 6 atom stereocenters. The van der Waals surface area contributed by atoms with E-state index >= 15 is 0 Å². The van der Waals surface area contributed by atoms with Crippen LogP contribution in [0.4, 0.5) is 4.79 Å². The van der Waals surface area contributed by atoms with Crippen LogP contribution < -0.4 is 5.32 Å². The molecule has 196 valence electrons. The predicted molar refractivity (Wildman–Crippen MR) is 105 cm³/mol. The van der Waals surface area contributed by atoms with E-state index in [-0.39, 0.29) is 0 Å². The molecule has 3 N–H and O–H groups in total. The third kappa shape index (κ3) is 9.83. The zero-order valence-corrected chi connectivity index (χ0v) is 19.1. The van der Waals surface area contributed by atoms with Crippen LogP contribution in [0.25, 0.3) is 0 Å². The lowest BCUT2D eigenvalue weighted by atomic mass is 9.98. The standard InChI is InChI=1S/C19H25NO15/c1-7(21)30-6-12-14(31-8(2)22)15(32-9(3)23)16(33-10(4)24)18(34-12)35-19(29)20-11(17(27)28)5-13(25)26/h11-12,14-16,18H,5-6H2,1-4H3,(H,20,29)(H,25,26)(H,27,28)/t11-,12+,14+,15-,16+,18?/m0/s1. The Balaban J connectivity index is 3.32. The van der Waals surface area contributed by atoms with Crippen LogP contribution in [0.15, 0.2) is 0 Å². The van der Waals surface area contributed by atoms with Crippen LogP contribution in [-0.2, 0) is 57.2 Å². The monoisotopic (exact) mass is 507 g/mol. The summed E-state index contributed by atoms with van der Waals surface area (Å²) in [4.78, 5) is 80.7. The second-order valence-electron chi connectivity index (χ2n) is 7.11. The molecular formula is C19H25NO15. The van der Waals surface area contributed by atoms with Gasteiger partial charge in [-0.15, -0.1) is 0 Å². The smallest absolute Gasteiger partial charge is 0.410 e. The van der Waals surface area contributed by atoms with Crippen LogP contribution in [0.2, 0.25) is 0 Å². The molecule has 0 spiro atoms. The summed E-state index contributed by atoms with van der Waals surface area (Å²) in [7, 11) is 0. The van der Waals surface area contributed by atoms with Gasteiger partial charge in [0, 0.05) is 27.7 Å². The summed E-state index contributed by atoms with van der Waals surface area (Å²) in [5, 5.41) is 19.7. The van der Waals surface area contributed by atoms with Crippen molar-refractivity contribution >= 4 is 41.9 Å². The molecule has 1 unspecified atom stereocenters. The number of carbonyl (C=O) groups is 7. The predicted octanol–water partition coefficient (Wildman–Crippen LogP) is -1.28. The van der Waals surface area contributed by atoms with Crippen LogP contribution in [0, 0.1) is 0 Å². The van der Waals surface area contributed by atoms with Crippen molar-refractivity contribution in [3.05, 3.63) is 0 Å². The number of alkyl carbamates (subject to hydrolysis) is 1. The van der Waals surface area contributed by atoms with E-state index in [0.717, 1.165) is 27.7 Å². The summed E-state index contributed by atoms with van der Waals surface area (Å²) in [6.45, 7) is 3.43. The molecule has 0 aliphatic carbocycles. The van der Waals surface area contributed by atoms with E-state index in [4.69, 9.17) is 38.6 Å². The molecule has 1 saturated heterocycles. The number of carbonyl (C=O) groups excluding carboxylic acids is 5. The van der Waals surface area contributed by atoms with Gasteiger partial charge < -0.3 is 44.0 Å². The van der Waals surface area contributed by atoms with Crippen molar-refractivity contribution in [3.8, 4) is 0 Å². The van der Waals surface area contributed by atoms with Gasteiger partial charge in [-0.05, 0) is 0 Å². The first-order valence-corrected chi connectivity index (χ1v) is 9.93. The number of rotatable bonds is 10. The molecule has 1 amide bonds. The summed E-state index contributed by atoms with van der Waals surface area (Å²) < 4.78 is 30.7. The summed E-state index contributed by atoms with van der Waals surface area (Å²) in [6.07, 6.45) is -10.7. The fraction of sp³-hybridized carbons (Fsp3) is 0.632. The molecule has 1 rings (SSSR count). The van der Waals surface area contributed by atoms with E-state index in [1.54, 1.807) is 5.32 Å².